The number of carbonyl (C=O) groups is 1. The van der Waals surface area contributed by atoms with Crippen LogP contribution in [0, 0.1) is 0 Å². The number of ether oxygens (including phenoxy) is 6. The van der Waals surface area contributed by atoms with Gasteiger partial charge in [0.2, 0.25) is 5.91 Å². The molecule has 19 heteroatoms. The summed E-state index contributed by atoms with van der Waals surface area (Å²) in [6.45, 7) is 1.64. The number of allylic oxidation sites excluding steroid dienone is 17. The fourth-order valence-electron chi connectivity index (χ4n) is 13.8. The van der Waals surface area contributed by atoms with E-state index < -0.39 is 124 Å². The number of unbranched alkanes of at least 4 members (excludes halogenated alkanes) is 35. The van der Waals surface area contributed by atoms with Crippen LogP contribution < -0.4 is 5.32 Å². The van der Waals surface area contributed by atoms with Gasteiger partial charge >= 0.3 is 0 Å². The number of nitrogens with one attached hydrogen (secondary N) is 1. The van der Waals surface area contributed by atoms with Crippen LogP contribution in [0.3, 0.4) is 0 Å². The van der Waals surface area contributed by atoms with E-state index >= 15 is 0 Å². The molecule has 3 aliphatic rings. The number of hydrogen-bond donors (Lipinski definition) is 12. The molecule has 3 aliphatic heterocycles. The predicted octanol–water partition coefficient (Wildman–Crippen LogP) is 15.3. The van der Waals surface area contributed by atoms with Crippen molar-refractivity contribution in [3.63, 3.8) is 0 Å². The lowest BCUT2D eigenvalue weighted by Crippen LogP contribution is -2.66. The van der Waals surface area contributed by atoms with Crippen molar-refractivity contribution in [1.29, 1.82) is 0 Å². The highest BCUT2D eigenvalue weighted by Crippen LogP contribution is 2.33. The Hall–Kier alpha value is -3.55. The molecule has 3 saturated heterocycles. The van der Waals surface area contributed by atoms with Gasteiger partial charge in [0.1, 0.15) is 73.2 Å². The monoisotopic (exact) mass is 1510 g/mol. The zero-order chi connectivity index (χ0) is 77.4. The van der Waals surface area contributed by atoms with Gasteiger partial charge in [0, 0.05) is 6.42 Å². The molecule has 17 atom stereocenters. The molecular weight excluding hydrogens is 1360 g/mol. The summed E-state index contributed by atoms with van der Waals surface area (Å²) in [5.74, 6) is -0.291. The standard InChI is InChI=1S/C88H153NO18/c1-3-5-7-9-11-13-15-17-19-21-23-25-27-29-31-33-35-37-39-41-43-45-47-49-51-53-55-57-59-61-63-65-72(93)71(89-76(94)66-64-62-60-58-56-54-52-50-48-46-44-42-40-38-36-34-32-30-28-26-24-22-20-18-16-14-12-10-8-6-4-2)70-102-86-82(100)79(97)84(74(68-91)104-86)107-88-83(101)80(98)85(75(69-92)105-88)106-87-81(99)78(96)77(95)73(67-90)103-87/h6,8,12,14,18,20,24,26,30,32,36,38,42,44,48,50,63,65,71-75,77-88,90-93,95-101H,3-5,7,9-11,13,15-17,19,21-23,25,27-29,31,33-35,37,39-41,43,45-47,49,51-62,64,66-70H2,1-2H3,(H,89,94)/b8-6-,14-12-,20-18-,26-24-,32-30-,38-36-,44-42-,50-48-,65-63+. The van der Waals surface area contributed by atoms with Crippen LogP contribution in [0.1, 0.15) is 309 Å². The molecule has 3 heterocycles. The lowest BCUT2D eigenvalue weighted by atomic mass is 9.96. The van der Waals surface area contributed by atoms with E-state index in [0.717, 1.165) is 116 Å². The van der Waals surface area contributed by atoms with Crippen molar-refractivity contribution in [2.75, 3.05) is 26.4 Å². The summed E-state index contributed by atoms with van der Waals surface area (Å²) in [7, 11) is 0. The van der Waals surface area contributed by atoms with Crippen molar-refractivity contribution in [2.45, 2.75) is 413 Å². The van der Waals surface area contributed by atoms with E-state index in [1.54, 1.807) is 6.08 Å². The van der Waals surface area contributed by atoms with Gasteiger partial charge in [0.25, 0.3) is 0 Å². The molecule has 0 spiro atoms. The second-order valence-electron chi connectivity index (χ2n) is 29.9. The van der Waals surface area contributed by atoms with Gasteiger partial charge in [-0.25, -0.2) is 0 Å². The molecule has 17 unspecified atom stereocenters. The van der Waals surface area contributed by atoms with Gasteiger partial charge in [-0.2, -0.15) is 0 Å². The average Bonchev–Trinajstić information content (AvgIpc) is 0.780. The zero-order valence-electron chi connectivity index (χ0n) is 66.3. The van der Waals surface area contributed by atoms with E-state index in [9.17, 15) is 61.0 Å². The number of rotatable bonds is 67. The van der Waals surface area contributed by atoms with Gasteiger partial charge in [-0.05, 0) is 83.5 Å². The maximum absolute atomic E-state index is 13.5. The normalized spacial score (nSPS) is 26.1. The van der Waals surface area contributed by atoms with E-state index in [1.165, 1.54) is 167 Å². The molecule has 0 aromatic heterocycles. The Bertz CT molecular complexity index is 2360. The molecule has 0 radical (unpaired) electrons. The Morgan fingerprint density at radius 1 is 0.346 bits per heavy atom. The molecule has 19 nitrogen and oxygen atoms in total. The quantitative estimate of drug-likeness (QED) is 0.0199. The largest absolute Gasteiger partial charge is 0.394 e. The topological polar surface area (TPSA) is 307 Å². The van der Waals surface area contributed by atoms with Gasteiger partial charge in [-0.15, -0.1) is 0 Å². The van der Waals surface area contributed by atoms with Crippen LogP contribution in [-0.4, -0.2) is 193 Å². The molecule has 0 aliphatic carbocycles. The zero-order valence-corrected chi connectivity index (χ0v) is 66.3. The molecule has 3 fully saturated rings. The number of carbonyl (C=O) groups excluding carboxylic acids is 1. The molecule has 618 valence electrons. The summed E-state index contributed by atoms with van der Waals surface area (Å²) in [6, 6.07) is -0.992. The lowest BCUT2D eigenvalue weighted by molar-refractivity contribution is -0.379. The Labute approximate surface area is 646 Å². The number of amides is 1. The van der Waals surface area contributed by atoms with E-state index in [-0.39, 0.29) is 18.9 Å². The van der Waals surface area contributed by atoms with Gasteiger partial charge in [0.15, 0.2) is 18.9 Å². The summed E-state index contributed by atoms with van der Waals surface area (Å²) in [4.78, 5) is 13.5. The van der Waals surface area contributed by atoms with Gasteiger partial charge in [-0.3, -0.25) is 4.79 Å². The summed E-state index contributed by atoms with van der Waals surface area (Å²) in [6.07, 6.45) is 66.4. The van der Waals surface area contributed by atoms with Crippen LogP contribution in [0.4, 0.5) is 0 Å². The third kappa shape index (κ3) is 46.3. The number of hydrogen-bond acceptors (Lipinski definition) is 18. The fourth-order valence-corrected chi connectivity index (χ4v) is 13.8. The predicted molar refractivity (Wildman–Crippen MR) is 429 cm³/mol. The molecule has 1 amide bonds. The highest BCUT2D eigenvalue weighted by Gasteiger charge is 2.54. The SMILES string of the molecule is CC/C=C\C/C=C\C/C=C\C/C=C\C/C=C\C/C=C\C/C=C\C/C=C\CCCCCCCCC(=O)NC(COC1OC(CO)C(OC2OC(CO)C(OC3OC(CO)C(O)C(O)C3O)C(O)C2O)C(O)C1O)C(O)/C=C/CCCCCCCCCCCCCCCCCCCCCCCCCCCCCCC. The van der Waals surface area contributed by atoms with Gasteiger partial charge < -0.3 is 89.9 Å². The third-order valence-corrected chi connectivity index (χ3v) is 20.6. The summed E-state index contributed by atoms with van der Waals surface area (Å²) < 4.78 is 34.5. The third-order valence-electron chi connectivity index (χ3n) is 20.6. The lowest BCUT2D eigenvalue weighted by Gasteiger charge is -2.48. The maximum Gasteiger partial charge on any atom is 0.220 e. The van der Waals surface area contributed by atoms with Gasteiger partial charge in [-0.1, -0.05) is 329 Å². The van der Waals surface area contributed by atoms with E-state index in [2.05, 4.69) is 116 Å². The van der Waals surface area contributed by atoms with Crippen LogP contribution >= 0.6 is 0 Å². The Kier molecular flexibility index (Phi) is 61.1. The summed E-state index contributed by atoms with van der Waals surface area (Å²) in [5, 5.41) is 121. The first-order chi connectivity index (χ1) is 52.3. The first-order valence-electron chi connectivity index (χ1n) is 42.6. The molecule has 3 rings (SSSR count). The molecule has 0 saturated carbocycles. The Balaban J connectivity index is 1.37. The molecular formula is C88H153NO18. The van der Waals surface area contributed by atoms with E-state index in [1.807, 2.05) is 6.08 Å². The van der Waals surface area contributed by atoms with Crippen LogP contribution in [0.15, 0.2) is 109 Å². The van der Waals surface area contributed by atoms with Gasteiger partial charge in [0.05, 0.1) is 38.6 Å². The van der Waals surface area contributed by atoms with Crippen molar-refractivity contribution in [2.24, 2.45) is 0 Å². The summed E-state index contributed by atoms with van der Waals surface area (Å²) >= 11 is 0. The van der Waals surface area contributed by atoms with Crippen molar-refractivity contribution >= 4 is 5.91 Å². The average molecular weight is 1510 g/mol. The van der Waals surface area contributed by atoms with E-state index in [0.29, 0.717) is 6.42 Å². The van der Waals surface area contributed by atoms with Crippen molar-refractivity contribution in [3.8, 4) is 0 Å². The number of aliphatic hydroxyl groups is 11. The van der Waals surface area contributed by atoms with Crippen molar-refractivity contribution < 1.29 is 89.4 Å². The fraction of sp³-hybridized carbons (Fsp3) is 0.784. The molecule has 0 aromatic carbocycles. The molecule has 107 heavy (non-hydrogen) atoms. The van der Waals surface area contributed by atoms with Crippen LogP contribution in [0.5, 0.6) is 0 Å². The summed E-state index contributed by atoms with van der Waals surface area (Å²) in [5.41, 5.74) is 0. The Morgan fingerprint density at radius 2 is 0.645 bits per heavy atom. The minimum Gasteiger partial charge on any atom is -0.394 e. The van der Waals surface area contributed by atoms with Crippen LogP contribution in [-0.2, 0) is 33.2 Å². The first kappa shape index (κ1) is 97.6. The van der Waals surface area contributed by atoms with Crippen molar-refractivity contribution in [3.05, 3.63) is 109 Å². The number of aliphatic hydroxyl groups excluding tert-OH is 11. The molecule has 0 aromatic rings. The minimum atomic E-state index is -1.99. The highest BCUT2D eigenvalue weighted by molar-refractivity contribution is 5.76. The second kappa shape index (κ2) is 67.0. The van der Waals surface area contributed by atoms with Crippen LogP contribution in [0.25, 0.3) is 0 Å². The molecule has 0 bridgehead atoms. The Morgan fingerprint density at radius 3 is 1.01 bits per heavy atom. The highest BCUT2D eigenvalue weighted by atomic mass is 16.8. The van der Waals surface area contributed by atoms with Crippen LogP contribution in [0.2, 0.25) is 0 Å². The second-order valence-corrected chi connectivity index (χ2v) is 29.9. The minimum absolute atomic E-state index is 0.220. The smallest absolute Gasteiger partial charge is 0.220 e. The molecule has 12 N–H and O–H groups in total. The first-order valence-corrected chi connectivity index (χ1v) is 42.6. The van der Waals surface area contributed by atoms with Crippen molar-refractivity contribution in [1.82, 2.24) is 5.32 Å². The maximum atomic E-state index is 13.5. The van der Waals surface area contributed by atoms with E-state index in [4.69, 9.17) is 28.4 Å².